The number of unbranched alkanes of at least 4 members (excludes halogenated alkanes) is 1. The van der Waals surface area contributed by atoms with Crippen LogP contribution in [0.3, 0.4) is 0 Å². The number of hydrogen-bond donors (Lipinski definition) is 0. The van der Waals surface area contributed by atoms with Gasteiger partial charge < -0.3 is 18.9 Å². The van der Waals surface area contributed by atoms with Crippen molar-refractivity contribution in [3.05, 3.63) is 50.8 Å². The molecule has 0 aromatic heterocycles. The molecule has 7 nitrogen and oxygen atoms in total. The van der Waals surface area contributed by atoms with E-state index in [0.29, 0.717) is 25.4 Å². The normalized spacial score (nSPS) is 12.6. The Morgan fingerprint density at radius 1 is 1.15 bits per heavy atom. The summed E-state index contributed by atoms with van der Waals surface area (Å²) in [7, 11) is 0. The van der Waals surface area contributed by atoms with Crippen LogP contribution in [0.5, 0.6) is 0 Å². The van der Waals surface area contributed by atoms with E-state index in [1.54, 1.807) is 6.92 Å². The van der Waals surface area contributed by atoms with Crippen molar-refractivity contribution >= 4 is 17.9 Å². The summed E-state index contributed by atoms with van der Waals surface area (Å²) >= 11 is 0. The summed E-state index contributed by atoms with van der Waals surface area (Å²) in [6.45, 7) is 22.4. The zero-order chi connectivity index (χ0) is 21.7. The Labute approximate surface area is 162 Å². The Kier molecular flexibility index (Phi) is 23.0. The molecule has 0 amide bonds. The molecule has 154 valence electrons. The molecule has 27 heavy (non-hydrogen) atoms. The van der Waals surface area contributed by atoms with Gasteiger partial charge in [-0.25, -0.2) is 9.59 Å². The van der Waals surface area contributed by atoms with E-state index < -0.39 is 0 Å². The summed E-state index contributed by atoms with van der Waals surface area (Å²) in [4.78, 5) is 30.8. The van der Waals surface area contributed by atoms with E-state index in [4.69, 9.17) is 9.47 Å². The highest BCUT2D eigenvalue weighted by molar-refractivity contribution is 5.86. The van der Waals surface area contributed by atoms with E-state index in [2.05, 4.69) is 42.4 Å². The van der Waals surface area contributed by atoms with Gasteiger partial charge in [0.2, 0.25) is 0 Å². The Hall–Kier alpha value is -2.67. The van der Waals surface area contributed by atoms with E-state index in [0.717, 1.165) is 19.1 Å². The van der Waals surface area contributed by atoms with Crippen LogP contribution in [0.4, 0.5) is 0 Å². The predicted octanol–water partition coefficient (Wildman–Crippen LogP) is 3.52. The van der Waals surface area contributed by atoms with Gasteiger partial charge in [-0.05, 0) is 13.3 Å². The quantitative estimate of drug-likeness (QED) is 0.120. The Morgan fingerprint density at radius 3 is 2.00 bits per heavy atom. The first-order chi connectivity index (χ1) is 12.8. The first-order valence-corrected chi connectivity index (χ1v) is 8.29. The smallest absolute Gasteiger partial charge is 0.333 e. The lowest BCUT2D eigenvalue weighted by Gasteiger charge is -1.99. The Bertz CT molecular complexity index is 465. The molecule has 7 heteroatoms. The van der Waals surface area contributed by atoms with Crippen LogP contribution >= 0.6 is 0 Å². The molecule has 1 aliphatic heterocycles. The van der Waals surface area contributed by atoms with Gasteiger partial charge in [-0.15, -0.1) is 13.2 Å². The van der Waals surface area contributed by atoms with E-state index >= 15 is 0 Å². The van der Waals surface area contributed by atoms with Crippen LogP contribution in [0.25, 0.3) is 0 Å². The average molecular weight is 384 g/mol. The molecule has 1 fully saturated rings. The molecular formula is C20H32O7. The molecule has 0 spiro atoms. The molecule has 0 aliphatic carbocycles. The summed E-state index contributed by atoms with van der Waals surface area (Å²) in [5.41, 5.74) is 0.431. The van der Waals surface area contributed by atoms with Crippen LogP contribution in [0.1, 0.15) is 33.6 Å². The van der Waals surface area contributed by atoms with Crippen molar-refractivity contribution in [3.63, 3.8) is 0 Å². The number of epoxide rings is 1. The molecule has 0 bridgehead atoms. The molecule has 1 rings (SSSR count). The van der Waals surface area contributed by atoms with Crippen molar-refractivity contribution < 1.29 is 33.3 Å². The highest BCUT2D eigenvalue weighted by atomic mass is 16.6. The van der Waals surface area contributed by atoms with E-state index in [1.165, 1.54) is 13.0 Å². The monoisotopic (exact) mass is 384 g/mol. The zero-order valence-electron chi connectivity index (χ0n) is 16.7. The third-order valence-corrected chi connectivity index (χ3v) is 2.31. The molecule has 1 aliphatic rings. The number of carbonyl (C=O) groups is 3. The van der Waals surface area contributed by atoms with Gasteiger partial charge in [-0.1, -0.05) is 33.1 Å². The van der Waals surface area contributed by atoms with Gasteiger partial charge in [0.1, 0.15) is 12.7 Å². The van der Waals surface area contributed by atoms with Crippen molar-refractivity contribution in [3.8, 4) is 0 Å². The molecule has 0 aromatic rings. The molecule has 0 saturated carbocycles. The summed E-state index contributed by atoms with van der Waals surface area (Å²) in [6.07, 6.45) is 4.39. The Balaban J connectivity index is -0.000000315. The number of esters is 3. The molecule has 0 radical (unpaired) electrons. The van der Waals surface area contributed by atoms with Gasteiger partial charge in [0.15, 0.2) is 0 Å². The van der Waals surface area contributed by atoms with Crippen LogP contribution in [0, 0.1) is 0 Å². The molecule has 1 heterocycles. The fraction of sp³-hybridized carbons (Fsp3) is 0.450. The Morgan fingerprint density at radius 2 is 1.70 bits per heavy atom. The molecule has 0 N–H and O–H groups in total. The van der Waals surface area contributed by atoms with E-state index in [1.807, 2.05) is 6.92 Å². The van der Waals surface area contributed by atoms with Crippen LogP contribution in [0.15, 0.2) is 50.8 Å². The van der Waals surface area contributed by atoms with E-state index in [-0.39, 0.29) is 24.0 Å². The van der Waals surface area contributed by atoms with E-state index in [9.17, 15) is 14.4 Å². The second-order valence-corrected chi connectivity index (χ2v) is 4.84. The summed E-state index contributed by atoms with van der Waals surface area (Å²) < 4.78 is 18.4. The van der Waals surface area contributed by atoms with Crippen LogP contribution in [-0.4, -0.2) is 43.8 Å². The third kappa shape index (κ3) is 28.4. The van der Waals surface area contributed by atoms with Crippen LogP contribution < -0.4 is 0 Å². The van der Waals surface area contributed by atoms with Gasteiger partial charge in [0, 0.05) is 18.6 Å². The fourth-order valence-electron chi connectivity index (χ4n) is 0.949. The van der Waals surface area contributed by atoms with Crippen molar-refractivity contribution in [2.24, 2.45) is 0 Å². The summed E-state index contributed by atoms with van der Waals surface area (Å²) in [5, 5.41) is 0. The second-order valence-electron chi connectivity index (χ2n) is 4.84. The molecule has 1 saturated heterocycles. The summed E-state index contributed by atoms with van der Waals surface area (Å²) in [5.74, 6) is -0.996. The van der Waals surface area contributed by atoms with Gasteiger partial charge in [-0.2, -0.15) is 0 Å². The van der Waals surface area contributed by atoms with Gasteiger partial charge in [0.25, 0.3) is 0 Å². The van der Waals surface area contributed by atoms with Crippen molar-refractivity contribution in [2.45, 2.75) is 39.7 Å². The molecule has 0 aromatic carbocycles. The van der Waals surface area contributed by atoms with Crippen molar-refractivity contribution in [2.75, 3.05) is 19.8 Å². The SMILES string of the molecule is C=C.C=C(C)C(=O)OCC1CO1.C=CC(=O)OCCCC.C=COC(C)=O. The number of carbonyl (C=O) groups excluding carboxylic acids is 3. The highest BCUT2D eigenvalue weighted by Gasteiger charge is 2.24. The minimum atomic E-state index is -0.337. The third-order valence-electron chi connectivity index (χ3n) is 2.31. The first-order valence-electron chi connectivity index (χ1n) is 8.29. The zero-order valence-corrected chi connectivity index (χ0v) is 16.7. The standard InChI is InChI=1S/C7H10O3.C7H12O2.C4H6O2.C2H4/c1-5(2)7(8)10-4-6-3-9-6;1-3-5-6-9-7(8)4-2;1-3-6-4(2)5;1-2/h6H,1,3-4H2,2H3;4H,2-3,5-6H2,1H3;3H,1H2,2H3;1-2H2. The maximum absolute atomic E-state index is 10.7. The van der Waals surface area contributed by atoms with Crippen LogP contribution in [-0.2, 0) is 33.3 Å². The maximum Gasteiger partial charge on any atom is 0.333 e. The minimum absolute atomic E-state index is 0.142. The van der Waals surface area contributed by atoms with Gasteiger partial charge >= 0.3 is 17.9 Å². The lowest BCUT2D eigenvalue weighted by molar-refractivity contribution is -0.139. The lowest BCUT2D eigenvalue weighted by Crippen LogP contribution is -2.09. The van der Waals surface area contributed by atoms with Gasteiger partial charge in [0.05, 0.1) is 19.5 Å². The highest BCUT2D eigenvalue weighted by Crippen LogP contribution is 2.09. The van der Waals surface area contributed by atoms with Crippen LogP contribution in [0.2, 0.25) is 0 Å². The molecular weight excluding hydrogens is 352 g/mol. The molecule has 1 unspecified atom stereocenters. The maximum atomic E-state index is 10.7. The second kappa shape index (κ2) is 21.4. The first kappa shape index (κ1) is 29.1. The number of ether oxygens (including phenoxy) is 4. The topological polar surface area (TPSA) is 91.4 Å². The number of rotatable bonds is 8. The van der Waals surface area contributed by atoms with Gasteiger partial charge in [-0.3, -0.25) is 4.79 Å². The predicted molar refractivity (Wildman–Crippen MR) is 105 cm³/mol. The largest absolute Gasteiger partial charge is 0.463 e. The molecule has 1 atom stereocenters. The summed E-state index contributed by atoms with van der Waals surface area (Å²) in [6, 6.07) is 0. The average Bonchev–Trinajstić information content (AvgIpc) is 3.46. The van der Waals surface area contributed by atoms with Crippen molar-refractivity contribution in [1.29, 1.82) is 0 Å². The lowest BCUT2D eigenvalue weighted by atomic mass is 10.4. The van der Waals surface area contributed by atoms with Crippen molar-refractivity contribution in [1.82, 2.24) is 0 Å². The number of hydrogen-bond acceptors (Lipinski definition) is 7. The fourth-order valence-corrected chi connectivity index (χ4v) is 0.949. The minimum Gasteiger partial charge on any atom is -0.463 e.